The van der Waals surface area contributed by atoms with Crippen molar-refractivity contribution in [2.45, 2.75) is 0 Å². The number of aromatic amines is 1. The molecule has 0 saturated heterocycles. The average Bonchev–Trinajstić information content (AvgIpc) is 2.49. The van der Waals surface area contributed by atoms with E-state index in [0.29, 0.717) is 20.4 Å². The van der Waals surface area contributed by atoms with Crippen LogP contribution in [0.3, 0.4) is 0 Å². The van der Waals surface area contributed by atoms with Crippen LogP contribution in [0, 0.1) is 9.88 Å². The monoisotopic (exact) mass is 332 g/mol. The Kier molecular flexibility index (Phi) is 3.71. The van der Waals surface area contributed by atoms with Gasteiger partial charge in [0, 0.05) is 11.6 Å². The number of quaternary nitrogens is 2. The molecule has 1 heterocycles. The van der Waals surface area contributed by atoms with Gasteiger partial charge in [0.2, 0.25) is 5.43 Å². The van der Waals surface area contributed by atoms with Crippen molar-refractivity contribution < 1.29 is 14.9 Å². The third kappa shape index (κ3) is 2.52. The summed E-state index contributed by atoms with van der Waals surface area (Å²) in [6.45, 7) is 0. The number of nitrogens with one attached hydrogen (secondary N) is 3. The van der Waals surface area contributed by atoms with E-state index in [1.807, 2.05) is 20.2 Å². The normalized spacial score (nSPS) is 11.9. The molecule has 1 aromatic carbocycles. The lowest BCUT2D eigenvalue weighted by molar-refractivity contribution is -0.787. The standard InChI is InChI=1S/C16H17N3O3S/c1-18(2)8-5-10(20)13-12(6-8)23-16-14(17-13)11(21)7-9(15(16)22)19(3)4/h5-7,17,20H,1-4H3/p+1. The van der Waals surface area contributed by atoms with Gasteiger partial charge in [0.25, 0.3) is 5.43 Å². The van der Waals surface area contributed by atoms with Crippen molar-refractivity contribution in [1.29, 1.82) is 0 Å². The second kappa shape index (κ2) is 5.45. The quantitative estimate of drug-likeness (QED) is 0.523. The van der Waals surface area contributed by atoms with E-state index in [0.717, 1.165) is 15.5 Å². The lowest BCUT2D eigenvalue weighted by Gasteiger charge is -2.14. The van der Waals surface area contributed by atoms with E-state index in [4.69, 9.17) is 0 Å². The first kappa shape index (κ1) is 15.7. The van der Waals surface area contributed by atoms with Crippen LogP contribution in [-0.4, -0.2) is 33.2 Å². The molecule has 23 heavy (non-hydrogen) atoms. The van der Waals surface area contributed by atoms with Crippen LogP contribution in [-0.2, 0) is 0 Å². The third-order valence-corrected chi connectivity index (χ3v) is 4.98. The summed E-state index contributed by atoms with van der Waals surface area (Å²) in [6.07, 6.45) is 0. The fraction of sp³-hybridized carbons (Fsp3) is 0.250. The van der Waals surface area contributed by atoms with Crippen LogP contribution in [0.2, 0.25) is 0 Å². The van der Waals surface area contributed by atoms with Crippen molar-refractivity contribution in [3.63, 3.8) is 0 Å². The number of benzene rings is 1. The summed E-state index contributed by atoms with van der Waals surface area (Å²) in [5.74, 6) is -0.175. The minimum absolute atomic E-state index is 0.169. The summed E-state index contributed by atoms with van der Waals surface area (Å²) in [5, 5.41) is 12.5. The summed E-state index contributed by atoms with van der Waals surface area (Å²) >= 11 is 1.20. The third-order valence-electron chi connectivity index (χ3n) is 3.84. The first-order valence-corrected chi connectivity index (χ1v) is 8.07. The highest BCUT2D eigenvalue weighted by Crippen LogP contribution is 2.26. The highest BCUT2D eigenvalue weighted by atomic mass is 32.1. The van der Waals surface area contributed by atoms with Gasteiger partial charge in [-0.25, -0.2) is 0 Å². The molecule has 3 N–H and O–H groups in total. The van der Waals surface area contributed by atoms with Crippen LogP contribution in [0.1, 0.15) is 0 Å². The molecule has 0 unspecified atom stereocenters. The number of hydrogen-bond acceptors (Lipinski definition) is 4. The Morgan fingerprint density at radius 3 is 2.35 bits per heavy atom. The molecule has 3 rings (SSSR count). The molecule has 120 valence electrons. The van der Waals surface area contributed by atoms with Crippen LogP contribution < -0.4 is 25.8 Å². The number of fused-ring (bicyclic) bond motifs is 1. The van der Waals surface area contributed by atoms with E-state index in [9.17, 15) is 14.7 Å². The number of rotatable bonds is 2. The lowest BCUT2D eigenvalue weighted by atomic mass is 10.2. The van der Waals surface area contributed by atoms with E-state index in [1.54, 1.807) is 20.2 Å². The van der Waals surface area contributed by atoms with Crippen molar-refractivity contribution in [3.8, 4) is 5.75 Å². The zero-order chi connectivity index (χ0) is 16.9. The van der Waals surface area contributed by atoms with Crippen LogP contribution >= 0.6 is 11.3 Å². The fourth-order valence-electron chi connectivity index (χ4n) is 2.52. The molecule has 7 heteroatoms. The smallest absolute Gasteiger partial charge is 0.258 e. The maximum Gasteiger partial charge on any atom is 0.258 e. The Hall–Kier alpha value is -2.22. The first-order chi connectivity index (χ1) is 10.8. The van der Waals surface area contributed by atoms with Gasteiger partial charge in [0.05, 0.1) is 39.0 Å². The molecular weight excluding hydrogens is 314 g/mol. The zero-order valence-electron chi connectivity index (χ0n) is 13.4. The van der Waals surface area contributed by atoms with Crippen LogP contribution in [0.15, 0.2) is 27.8 Å². The zero-order valence-corrected chi connectivity index (χ0v) is 14.2. The number of hydrogen-bond donors (Lipinski definition) is 3. The minimum atomic E-state index is -0.268. The van der Waals surface area contributed by atoms with Gasteiger partial charge in [-0.3, -0.25) is 9.59 Å². The molecule has 2 aliphatic rings. The minimum Gasteiger partial charge on any atom is -0.871 e. The second-order valence-corrected chi connectivity index (χ2v) is 7.08. The summed E-state index contributed by atoms with van der Waals surface area (Å²) in [4.78, 5) is 29.6. The Morgan fingerprint density at radius 2 is 1.74 bits per heavy atom. The Morgan fingerprint density at radius 1 is 1.04 bits per heavy atom. The summed E-state index contributed by atoms with van der Waals surface area (Å²) in [6, 6.07) is 4.78. The molecular formula is C16H18N3O3S+. The van der Waals surface area contributed by atoms with E-state index < -0.39 is 0 Å². The molecule has 6 nitrogen and oxygen atoms in total. The van der Waals surface area contributed by atoms with E-state index in [-0.39, 0.29) is 22.0 Å². The maximum absolute atomic E-state index is 12.6. The molecule has 1 aromatic rings. The van der Waals surface area contributed by atoms with E-state index >= 15 is 0 Å². The molecule has 1 aliphatic heterocycles. The van der Waals surface area contributed by atoms with Gasteiger partial charge in [-0.05, 0) is 6.07 Å². The molecule has 0 fully saturated rings. The number of aromatic nitrogens is 1. The SMILES string of the molecule is C[NH+](C)c1cc([O-])c2[nH]c3c(=O)cc([NH+](C)C)c(=O)c=3sc2c1. The van der Waals surface area contributed by atoms with Crippen molar-refractivity contribution in [2.24, 2.45) is 0 Å². The fourth-order valence-corrected chi connectivity index (χ4v) is 3.64. The Bertz CT molecular complexity index is 1080. The van der Waals surface area contributed by atoms with Crippen molar-refractivity contribution >= 4 is 32.9 Å². The van der Waals surface area contributed by atoms with Crippen molar-refractivity contribution in [3.05, 3.63) is 48.5 Å². The summed E-state index contributed by atoms with van der Waals surface area (Å²) in [7, 11) is 7.47. The molecule has 0 atom stereocenters. The second-order valence-electron chi connectivity index (χ2n) is 6.03. The van der Waals surface area contributed by atoms with Crippen LogP contribution in [0.4, 0.5) is 11.4 Å². The lowest BCUT2D eigenvalue weighted by Crippen LogP contribution is -3.01. The van der Waals surface area contributed by atoms with Gasteiger partial charge in [-0.15, -0.1) is 11.3 Å². The Balaban J connectivity index is 2.53. The summed E-state index contributed by atoms with van der Waals surface area (Å²) < 4.78 is 1.05. The van der Waals surface area contributed by atoms with E-state index in [1.165, 1.54) is 17.4 Å². The van der Waals surface area contributed by atoms with E-state index in [2.05, 4.69) is 4.98 Å². The van der Waals surface area contributed by atoms with Gasteiger partial charge in [0.1, 0.15) is 15.6 Å². The molecule has 0 spiro atoms. The molecule has 1 aliphatic carbocycles. The predicted octanol–water partition coefficient (Wildman–Crippen LogP) is -1.70. The predicted molar refractivity (Wildman–Crippen MR) is 88.4 cm³/mol. The van der Waals surface area contributed by atoms with Crippen molar-refractivity contribution in [2.75, 3.05) is 28.2 Å². The van der Waals surface area contributed by atoms with Gasteiger partial charge in [-0.2, -0.15) is 0 Å². The van der Waals surface area contributed by atoms with Gasteiger partial charge < -0.3 is 19.9 Å². The molecule has 0 bridgehead atoms. The van der Waals surface area contributed by atoms with Gasteiger partial charge in [0.15, 0.2) is 5.69 Å². The average molecular weight is 332 g/mol. The molecule has 0 radical (unpaired) electrons. The largest absolute Gasteiger partial charge is 0.871 e. The first-order valence-electron chi connectivity index (χ1n) is 7.25. The molecule has 0 amide bonds. The summed E-state index contributed by atoms with van der Waals surface area (Å²) in [5.41, 5.74) is 1.21. The highest BCUT2D eigenvalue weighted by molar-refractivity contribution is 7.16. The Labute approximate surface area is 135 Å². The number of H-pyrrole nitrogens is 1. The maximum atomic E-state index is 12.6. The highest BCUT2D eigenvalue weighted by Gasteiger charge is 2.14. The van der Waals surface area contributed by atoms with Crippen LogP contribution in [0.25, 0.3) is 10.2 Å². The molecule has 0 saturated carbocycles. The van der Waals surface area contributed by atoms with Crippen LogP contribution in [0.5, 0.6) is 5.75 Å². The van der Waals surface area contributed by atoms with Gasteiger partial charge in [-0.1, -0.05) is 5.75 Å². The molecule has 0 aromatic heterocycles. The van der Waals surface area contributed by atoms with Crippen molar-refractivity contribution in [1.82, 2.24) is 4.98 Å². The van der Waals surface area contributed by atoms with Gasteiger partial charge >= 0.3 is 0 Å². The topological polar surface area (TPSA) is 81.9 Å².